The number of aryl methyl sites for hydroxylation is 2. The van der Waals surface area contributed by atoms with E-state index in [1.54, 1.807) is 0 Å². The lowest BCUT2D eigenvalue weighted by atomic mass is 10.2. The first-order chi connectivity index (χ1) is 7.16. The maximum Gasteiger partial charge on any atom is 0.144 e. The highest BCUT2D eigenvalue weighted by Crippen LogP contribution is 2.43. The lowest BCUT2D eigenvalue weighted by Gasteiger charge is -2.03. The second-order valence-corrected chi connectivity index (χ2v) is 5.07. The van der Waals surface area contributed by atoms with Gasteiger partial charge in [-0.15, -0.1) is 0 Å². The Hall–Kier alpha value is -0.900. The topological polar surface area (TPSA) is 30.7 Å². The molecule has 0 amide bonds. The zero-order chi connectivity index (χ0) is 10.6. The minimum absolute atomic E-state index is 0.660. The van der Waals surface area contributed by atoms with Gasteiger partial charge in [-0.1, -0.05) is 0 Å². The van der Waals surface area contributed by atoms with Crippen molar-refractivity contribution in [1.29, 1.82) is 0 Å². The van der Waals surface area contributed by atoms with Gasteiger partial charge in [-0.25, -0.2) is 9.97 Å². The standard InChI is InChI=1S/C11H12BrN3/c1-6-13-10(7-3-4-7)9-8(12)5-15(2)11(9)14-6/h5,7H,3-4H2,1-2H3. The van der Waals surface area contributed by atoms with Crippen molar-refractivity contribution < 1.29 is 0 Å². The molecule has 2 heterocycles. The molecule has 3 nitrogen and oxygen atoms in total. The van der Waals surface area contributed by atoms with E-state index in [1.807, 2.05) is 14.0 Å². The predicted octanol–water partition coefficient (Wildman–Crippen LogP) is 2.92. The van der Waals surface area contributed by atoms with Crippen LogP contribution in [0.25, 0.3) is 11.0 Å². The third-order valence-electron chi connectivity index (χ3n) is 2.87. The molecule has 0 N–H and O–H groups in total. The van der Waals surface area contributed by atoms with Gasteiger partial charge in [0.05, 0.1) is 11.1 Å². The van der Waals surface area contributed by atoms with E-state index in [0.717, 1.165) is 15.9 Å². The average molecular weight is 266 g/mol. The van der Waals surface area contributed by atoms with Crippen molar-refractivity contribution in [3.8, 4) is 0 Å². The maximum absolute atomic E-state index is 4.58. The first kappa shape index (κ1) is 9.33. The van der Waals surface area contributed by atoms with Crippen LogP contribution in [-0.2, 0) is 7.05 Å². The Labute approximate surface area is 96.7 Å². The summed E-state index contributed by atoms with van der Waals surface area (Å²) >= 11 is 3.59. The van der Waals surface area contributed by atoms with E-state index < -0.39 is 0 Å². The van der Waals surface area contributed by atoms with E-state index in [-0.39, 0.29) is 0 Å². The molecule has 0 radical (unpaired) electrons. The minimum atomic E-state index is 0.660. The summed E-state index contributed by atoms with van der Waals surface area (Å²) in [4.78, 5) is 9.07. The Morgan fingerprint density at radius 1 is 1.40 bits per heavy atom. The molecule has 0 atom stereocenters. The van der Waals surface area contributed by atoms with Crippen molar-refractivity contribution in [2.24, 2.45) is 7.05 Å². The lowest BCUT2D eigenvalue weighted by Crippen LogP contribution is -1.97. The van der Waals surface area contributed by atoms with Crippen molar-refractivity contribution in [1.82, 2.24) is 14.5 Å². The van der Waals surface area contributed by atoms with Crippen LogP contribution in [0.5, 0.6) is 0 Å². The van der Waals surface area contributed by atoms with E-state index in [1.165, 1.54) is 23.9 Å². The van der Waals surface area contributed by atoms with Gasteiger partial charge in [0.2, 0.25) is 0 Å². The van der Waals surface area contributed by atoms with Crippen LogP contribution in [0, 0.1) is 6.92 Å². The van der Waals surface area contributed by atoms with E-state index in [9.17, 15) is 0 Å². The summed E-state index contributed by atoms with van der Waals surface area (Å²) in [5.74, 6) is 1.53. The molecule has 15 heavy (non-hydrogen) atoms. The molecule has 1 aliphatic carbocycles. The van der Waals surface area contributed by atoms with Crippen LogP contribution >= 0.6 is 15.9 Å². The van der Waals surface area contributed by atoms with Gasteiger partial charge in [-0.3, -0.25) is 0 Å². The van der Waals surface area contributed by atoms with Crippen LogP contribution in [0.4, 0.5) is 0 Å². The average Bonchev–Trinajstić information content (AvgIpc) is 2.95. The summed E-state index contributed by atoms with van der Waals surface area (Å²) in [6.07, 6.45) is 4.60. The molecule has 0 aliphatic heterocycles. The Balaban J connectivity index is 2.40. The molecule has 4 heteroatoms. The Morgan fingerprint density at radius 3 is 2.80 bits per heavy atom. The first-order valence-corrected chi connectivity index (χ1v) is 5.95. The van der Waals surface area contributed by atoms with Crippen LogP contribution < -0.4 is 0 Å². The summed E-state index contributed by atoms with van der Waals surface area (Å²) in [5.41, 5.74) is 2.27. The first-order valence-electron chi connectivity index (χ1n) is 5.16. The van der Waals surface area contributed by atoms with Gasteiger partial charge in [-0.2, -0.15) is 0 Å². The third-order valence-corrected chi connectivity index (χ3v) is 3.47. The van der Waals surface area contributed by atoms with Crippen LogP contribution in [0.15, 0.2) is 10.7 Å². The molecule has 0 saturated heterocycles. The Kier molecular flexibility index (Phi) is 1.89. The molecular formula is C11H12BrN3. The molecular weight excluding hydrogens is 254 g/mol. The van der Waals surface area contributed by atoms with Gasteiger partial charge in [-0.05, 0) is 35.7 Å². The SMILES string of the molecule is Cc1nc(C2CC2)c2c(Br)cn(C)c2n1. The Morgan fingerprint density at radius 2 is 2.13 bits per heavy atom. The molecule has 0 unspecified atom stereocenters. The third kappa shape index (κ3) is 1.39. The fourth-order valence-electron chi connectivity index (χ4n) is 2.01. The van der Waals surface area contributed by atoms with E-state index in [4.69, 9.17) is 0 Å². The van der Waals surface area contributed by atoms with E-state index in [2.05, 4.69) is 36.7 Å². The van der Waals surface area contributed by atoms with Crippen LogP contribution in [0.3, 0.4) is 0 Å². The van der Waals surface area contributed by atoms with E-state index >= 15 is 0 Å². The molecule has 78 valence electrons. The highest BCUT2D eigenvalue weighted by Gasteiger charge is 2.29. The molecule has 3 rings (SSSR count). The highest BCUT2D eigenvalue weighted by atomic mass is 79.9. The van der Waals surface area contributed by atoms with E-state index in [0.29, 0.717) is 5.92 Å². The molecule has 0 aromatic carbocycles. The Bertz CT molecular complexity index is 540. The monoisotopic (exact) mass is 265 g/mol. The van der Waals surface area contributed by atoms with Crippen molar-refractivity contribution in [2.45, 2.75) is 25.7 Å². The molecule has 1 aliphatic rings. The van der Waals surface area contributed by atoms with Crippen molar-refractivity contribution >= 4 is 27.0 Å². The normalized spacial score (nSPS) is 16.2. The number of fused-ring (bicyclic) bond motifs is 1. The summed E-state index contributed by atoms with van der Waals surface area (Å²) in [5, 5.41) is 1.20. The molecule has 1 saturated carbocycles. The lowest BCUT2D eigenvalue weighted by molar-refractivity contribution is 0.913. The number of rotatable bonds is 1. The summed E-state index contributed by atoms with van der Waals surface area (Å²) in [6.45, 7) is 1.96. The molecule has 0 spiro atoms. The molecule has 1 fully saturated rings. The fourth-order valence-corrected chi connectivity index (χ4v) is 2.70. The zero-order valence-electron chi connectivity index (χ0n) is 8.79. The van der Waals surface area contributed by atoms with Gasteiger partial charge in [0.1, 0.15) is 11.5 Å². The number of nitrogens with zero attached hydrogens (tertiary/aromatic N) is 3. The van der Waals surface area contributed by atoms with Gasteiger partial charge in [0, 0.05) is 23.6 Å². The smallest absolute Gasteiger partial charge is 0.144 e. The zero-order valence-corrected chi connectivity index (χ0v) is 10.4. The summed E-state index contributed by atoms with van der Waals surface area (Å²) in [6, 6.07) is 0. The van der Waals surface area contributed by atoms with Crippen LogP contribution in [-0.4, -0.2) is 14.5 Å². The highest BCUT2D eigenvalue weighted by molar-refractivity contribution is 9.10. The quantitative estimate of drug-likeness (QED) is 0.794. The fraction of sp³-hybridized carbons (Fsp3) is 0.455. The van der Waals surface area contributed by atoms with Gasteiger partial charge >= 0.3 is 0 Å². The van der Waals surface area contributed by atoms with Crippen LogP contribution in [0.2, 0.25) is 0 Å². The van der Waals surface area contributed by atoms with Gasteiger partial charge < -0.3 is 4.57 Å². The van der Waals surface area contributed by atoms with Crippen molar-refractivity contribution in [2.75, 3.05) is 0 Å². The largest absolute Gasteiger partial charge is 0.334 e. The number of hydrogen-bond acceptors (Lipinski definition) is 2. The minimum Gasteiger partial charge on any atom is -0.334 e. The molecule has 0 bridgehead atoms. The molecule has 2 aromatic heterocycles. The van der Waals surface area contributed by atoms with Crippen LogP contribution in [0.1, 0.15) is 30.3 Å². The summed E-state index contributed by atoms with van der Waals surface area (Å²) < 4.78 is 3.17. The second kappa shape index (κ2) is 3.04. The van der Waals surface area contributed by atoms with Crippen molar-refractivity contribution in [3.05, 3.63) is 22.2 Å². The number of aromatic nitrogens is 3. The summed E-state index contributed by atoms with van der Waals surface area (Å²) in [7, 11) is 2.02. The maximum atomic E-state index is 4.58. The second-order valence-electron chi connectivity index (χ2n) is 4.22. The van der Waals surface area contributed by atoms with Gasteiger partial charge in [0.25, 0.3) is 0 Å². The van der Waals surface area contributed by atoms with Crippen molar-refractivity contribution in [3.63, 3.8) is 0 Å². The predicted molar refractivity (Wildman–Crippen MR) is 62.9 cm³/mol. The molecule has 2 aromatic rings. The number of hydrogen-bond donors (Lipinski definition) is 0. The number of halogens is 1. The van der Waals surface area contributed by atoms with Gasteiger partial charge in [0.15, 0.2) is 0 Å².